The topological polar surface area (TPSA) is 50.4 Å². The number of thiocarbonyl (C=S) groups is 1. The van der Waals surface area contributed by atoms with E-state index in [-0.39, 0.29) is 5.97 Å². The third kappa shape index (κ3) is 4.55. The first-order valence-electron chi connectivity index (χ1n) is 8.73. The molecule has 1 aromatic carbocycles. The van der Waals surface area contributed by atoms with Crippen LogP contribution < -0.4 is 10.6 Å². The molecule has 3 rings (SSSR count). The van der Waals surface area contributed by atoms with E-state index in [9.17, 15) is 4.79 Å². The third-order valence-electron chi connectivity index (χ3n) is 4.21. The largest absolute Gasteiger partial charge is 0.462 e. The Morgan fingerprint density at radius 2 is 2.08 bits per heavy atom. The van der Waals surface area contributed by atoms with E-state index in [1.807, 2.05) is 19.1 Å². The summed E-state index contributed by atoms with van der Waals surface area (Å²) in [5.74, 6) is -0.278. The molecule has 2 aromatic rings. The number of aryl methyl sites for hydroxylation is 1. The molecule has 2 N–H and O–H groups in total. The molecule has 1 aliphatic carbocycles. The van der Waals surface area contributed by atoms with Gasteiger partial charge in [0.1, 0.15) is 5.00 Å². The predicted octanol–water partition coefficient (Wildman–Crippen LogP) is 5.66. The van der Waals surface area contributed by atoms with Crippen LogP contribution in [-0.4, -0.2) is 17.7 Å². The van der Waals surface area contributed by atoms with E-state index >= 15 is 0 Å². The Bertz CT molecular complexity index is 820. The number of rotatable bonds is 4. The fourth-order valence-electron chi connectivity index (χ4n) is 3.08. The zero-order valence-corrected chi connectivity index (χ0v) is 17.0. The van der Waals surface area contributed by atoms with E-state index in [4.69, 9.17) is 28.6 Å². The normalized spacial score (nSPS) is 13.5. The van der Waals surface area contributed by atoms with Crippen molar-refractivity contribution in [1.82, 2.24) is 0 Å². The molecule has 4 nitrogen and oxygen atoms in total. The van der Waals surface area contributed by atoms with Crippen molar-refractivity contribution in [3.8, 4) is 0 Å². The van der Waals surface area contributed by atoms with Gasteiger partial charge < -0.3 is 15.4 Å². The average molecular weight is 409 g/mol. The average Bonchev–Trinajstić information content (AvgIpc) is 2.76. The minimum atomic E-state index is -0.278. The highest BCUT2D eigenvalue weighted by Crippen LogP contribution is 2.38. The lowest BCUT2D eigenvalue weighted by Crippen LogP contribution is -2.20. The second kappa shape index (κ2) is 8.84. The van der Waals surface area contributed by atoms with E-state index in [2.05, 4.69) is 10.6 Å². The summed E-state index contributed by atoms with van der Waals surface area (Å²) in [5, 5.41) is 8.12. The highest BCUT2D eigenvalue weighted by atomic mass is 35.5. The van der Waals surface area contributed by atoms with Crippen LogP contribution in [-0.2, 0) is 17.6 Å². The van der Waals surface area contributed by atoms with Crippen LogP contribution in [0.2, 0.25) is 5.02 Å². The number of anilines is 2. The molecule has 0 radical (unpaired) electrons. The van der Waals surface area contributed by atoms with E-state index < -0.39 is 0 Å². The monoisotopic (exact) mass is 408 g/mol. The summed E-state index contributed by atoms with van der Waals surface area (Å²) in [6, 6.07) is 7.34. The Kier molecular flexibility index (Phi) is 6.51. The summed E-state index contributed by atoms with van der Waals surface area (Å²) in [4.78, 5) is 13.8. The van der Waals surface area contributed by atoms with Crippen molar-refractivity contribution >= 4 is 56.9 Å². The van der Waals surface area contributed by atoms with Gasteiger partial charge in [0.15, 0.2) is 5.11 Å². The summed E-state index contributed by atoms with van der Waals surface area (Å²) in [7, 11) is 0. The fourth-order valence-corrected chi connectivity index (χ4v) is 4.84. The molecule has 1 heterocycles. The van der Waals surface area contributed by atoms with Gasteiger partial charge in [-0.15, -0.1) is 11.3 Å². The van der Waals surface area contributed by atoms with E-state index in [1.165, 1.54) is 11.3 Å². The number of fused-ring (bicyclic) bond motifs is 1. The third-order valence-corrected chi connectivity index (χ3v) is 5.86. The van der Waals surface area contributed by atoms with Crippen LogP contribution in [0.4, 0.5) is 10.7 Å². The van der Waals surface area contributed by atoms with Gasteiger partial charge in [0.25, 0.3) is 0 Å². The summed E-state index contributed by atoms with van der Waals surface area (Å²) in [5.41, 5.74) is 2.56. The number of nitrogens with one attached hydrogen (secondary N) is 2. The maximum absolute atomic E-state index is 12.6. The van der Waals surface area contributed by atoms with Crippen molar-refractivity contribution in [2.24, 2.45) is 0 Å². The standard InChI is InChI=1S/C19H21ClN2O2S2/c1-2-24-18(23)16-14-9-4-3-5-10-15(14)26-17(16)22-19(25)21-13-8-6-7-12(20)11-13/h6-8,11H,2-5,9-10H2,1H3,(H2,21,22,25). The summed E-state index contributed by atoms with van der Waals surface area (Å²) < 4.78 is 5.30. The van der Waals surface area contributed by atoms with Gasteiger partial charge in [-0.05, 0) is 68.6 Å². The van der Waals surface area contributed by atoms with Crippen LogP contribution in [0, 0.1) is 0 Å². The molecule has 0 unspecified atom stereocenters. The van der Waals surface area contributed by atoms with Crippen LogP contribution in [0.1, 0.15) is 47.0 Å². The molecule has 0 spiro atoms. The van der Waals surface area contributed by atoms with Crippen molar-refractivity contribution in [3.05, 3.63) is 45.3 Å². The number of hydrogen-bond acceptors (Lipinski definition) is 4. The zero-order valence-electron chi connectivity index (χ0n) is 14.6. The Labute approximate surface area is 167 Å². The number of carbonyl (C=O) groups excluding carboxylic acids is 1. The van der Waals surface area contributed by atoms with Gasteiger partial charge in [-0.25, -0.2) is 4.79 Å². The van der Waals surface area contributed by atoms with E-state index in [1.54, 1.807) is 23.5 Å². The Morgan fingerprint density at radius 1 is 1.27 bits per heavy atom. The molecule has 0 saturated carbocycles. The lowest BCUT2D eigenvalue weighted by molar-refractivity contribution is 0.0527. The molecule has 1 aromatic heterocycles. The molecule has 0 bridgehead atoms. The number of halogens is 1. The molecule has 26 heavy (non-hydrogen) atoms. The summed E-state index contributed by atoms with van der Waals surface area (Å²) >= 11 is 13.0. The minimum Gasteiger partial charge on any atom is -0.462 e. The molecule has 0 fully saturated rings. The van der Waals surface area contributed by atoms with E-state index in [0.29, 0.717) is 22.3 Å². The van der Waals surface area contributed by atoms with Crippen LogP contribution in [0.25, 0.3) is 0 Å². The van der Waals surface area contributed by atoms with Crippen LogP contribution in [0.15, 0.2) is 24.3 Å². The Hall–Kier alpha value is -1.63. The van der Waals surface area contributed by atoms with Crippen LogP contribution in [0.5, 0.6) is 0 Å². The zero-order chi connectivity index (χ0) is 18.5. The molecule has 138 valence electrons. The minimum absolute atomic E-state index is 0.278. The molecular weight excluding hydrogens is 388 g/mol. The second-order valence-electron chi connectivity index (χ2n) is 6.08. The number of esters is 1. The van der Waals surface area contributed by atoms with Gasteiger partial charge in [0, 0.05) is 15.6 Å². The molecule has 0 saturated heterocycles. The Balaban J connectivity index is 1.84. The van der Waals surface area contributed by atoms with Gasteiger partial charge in [0.2, 0.25) is 0 Å². The van der Waals surface area contributed by atoms with Crippen molar-refractivity contribution in [1.29, 1.82) is 0 Å². The highest BCUT2D eigenvalue weighted by Gasteiger charge is 2.26. The number of hydrogen-bond donors (Lipinski definition) is 2. The molecule has 0 aliphatic heterocycles. The lowest BCUT2D eigenvalue weighted by Gasteiger charge is -2.12. The molecular formula is C19H21ClN2O2S2. The number of carbonyl (C=O) groups is 1. The van der Waals surface area contributed by atoms with Crippen LogP contribution in [0.3, 0.4) is 0 Å². The van der Waals surface area contributed by atoms with Crippen molar-refractivity contribution in [3.63, 3.8) is 0 Å². The van der Waals surface area contributed by atoms with Crippen molar-refractivity contribution < 1.29 is 9.53 Å². The predicted molar refractivity (Wildman–Crippen MR) is 113 cm³/mol. The number of ether oxygens (including phenoxy) is 1. The van der Waals surface area contributed by atoms with E-state index in [0.717, 1.165) is 41.9 Å². The number of thiophene rings is 1. The van der Waals surface area contributed by atoms with Gasteiger partial charge in [-0.3, -0.25) is 0 Å². The first kappa shape index (κ1) is 19.1. The quantitative estimate of drug-likeness (QED) is 0.388. The smallest absolute Gasteiger partial charge is 0.341 e. The van der Waals surface area contributed by atoms with Gasteiger partial charge in [-0.2, -0.15) is 0 Å². The van der Waals surface area contributed by atoms with Crippen molar-refractivity contribution in [2.45, 2.75) is 39.0 Å². The first-order chi connectivity index (χ1) is 12.6. The molecule has 1 aliphatic rings. The first-order valence-corrected chi connectivity index (χ1v) is 10.3. The maximum Gasteiger partial charge on any atom is 0.341 e. The molecule has 0 amide bonds. The molecule has 0 atom stereocenters. The molecule has 7 heteroatoms. The number of benzene rings is 1. The summed E-state index contributed by atoms with van der Waals surface area (Å²) in [6.07, 6.45) is 5.36. The SMILES string of the molecule is CCOC(=O)c1c(NC(=S)Nc2cccc(Cl)c2)sc2c1CCCCC2. The Morgan fingerprint density at radius 3 is 2.85 bits per heavy atom. The summed E-state index contributed by atoms with van der Waals surface area (Å²) in [6.45, 7) is 2.18. The maximum atomic E-state index is 12.6. The second-order valence-corrected chi connectivity index (χ2v) is 8.03. The van der Waals surface area contributed by atoms with Gasteiger partial charge in [0.05, 0.1) is 12.2 Å². The van der Waals surface area contributed by atoms with Crippen LogP contribution >= 0.6 is 35.2 Å². The van der Waals surface area contributed by atoms with Gasteiger partial charge >= 0.3 is 5.97 Å². The van der Waals surface area contributed by atoms with Gasteiger partial charge in [-0.1, -0.05) is 24.1 Å². The fraction of sp³-hybridized carbons (Fsp3) is 0.368. The highest BCUT2D eigenvalue weighted by molar-refractivity contribution is 7.80. The lowest BCUT2D eigenvalue weighted by atomic mass is 10.1. The van der Waals surface area contributed by atoms with Crippen molar-refractivity contribution in [2.75, 3.05) is 17.2 Å².